The Kier molecular flexibility index (Phi) is 8.44. The van der Waals surface area contributed by atoms with E-state index in [1.165, 1.54) is 34.2 Å². The molecule has 0 unspecified atom stereocenters. The van der Waals surface area contributed by atoms with Crippen LogP contribution < -0.4 is 10.5 Å². The van der Waals surface area contributed by atoms with E-state index in [1.807, 2.05) is 18.2 Å². The van der Waals surface area contributed by atoms with Gasteiger partial charge in [0.2, 0.25) is 0 Å². The Balaban J connectivity index is 0.000000203. The lowest BCUT2D eigenvalue weighted by Gasteiger charge is -2.05. The molecule has 146 valence electrons. The number of carboxylic acid groups (broad SMARTS) is 1. The highest BCUT2D eigenvalue weighted by Gasteiger charge is 2.02. The number of hydrogen-bond acceptors (Lipinski definition) is 4. The van der Waals surface area contributed by atoms with E-state index >= 15 is 0 Å². The number of carboxylic acids is 1. The van der Waals surface area contributed by atoms with E-state index in [2.05, 4.69) is 24.3 Å². The minimum absolute atomic E-state index is 0.169. The van der Waals surface area contributed by atoms with E-state index in [1.54, 1.807) is 12.1 Å². The molecule has 0 aliphatic heterocycles. The van der Waals surface area contributed by atoms with Crippen LogP contribution in [0.15, 0.2) is 60.7 Å². The van der Waals surface area contributed by atoms with Crippen molar-refractivity contribution in [3.05, 3.63) is 76.3 Å². The fraction of sp³-hybridized carbons (Fsp3) is 0.100. The molecule has 3 aromatic rings. The number of aliphatic carboxylic acids is 1. The number of halogens is 2. The van der Waals surface area contributed by atoms with Crippen molar-refractivity contribution in [3.63, 3.8) is 0 Å². The largest absolute Gasteiger partial charge is 0.482 e. The van der Waals surface area contributed by atoms with Gasteiger partial charge in [-0.2, -0.15) is 0 Å². The molecule has 28 heavy (non-hydrogen) atoms. The summed E-state index contributed by atoms with van der Waals surface area (Å²) in [6, 6.07) is 19.0. The number of fused-ring (bicyclic) bond motifs is 1. The molecule has 0 aliphatic carbocycles. The van der Waals surface area contributed by atoms with Crippen molar-refractivity contribution >= 4 is 56.9 Å². The lowest BCUT2D eigenvalue weighted by atomic mass is 10.1. The highest BCUT2D eigenvalue weighted by molar-refractivity contribution is 8.13. The van der Waals surface area contributed by atoms with Crippen LogP contribution in [0.4, 0.5) is 0 Å². The predicted molar refractivity (Wildman–Crippen MR) is 117 cm³/mol. The van der Waals surface area contributed by atoms with Gasteiger partial charge in [0.15, 0.2) is 11.8 Å². The van der Waals surface area contributed by atoms with Crippen molar-refractivity contribution in [3.8, 4) is 5.75 Å². The molecule has 3 aromatic carbocycles. The minimum atomic E-state index is -1.04. The summed E-state index contributed by atoms with van der Waals surface area (Å²) >= 11 is 12.7. The summed E-state index contributed by atoms with van der Waals surface area (Å²) < 4.78 is 4.86. The van der Waals surface area contributed by atoms with Gasteiger partial charge in [-0.25, -0.2) is 4.79 Å². The van der Waals surface area contributed by atoms with Gasteiger partial charge in [-0.05, 0) is 28.5 Å². The summed E-state index contributed by atoms with van der Waals surface area (Å²) in [6.45, 7) is -0.391. The molecule has 3 rings (SSSR count). The summed E-state index contributed by atoms with van der Waals surface area (Å²) in [4.78, 5) is 10.1. The van der Waals surface area contributed by atoms with Crippen LogP contribution >= 0.6 is 35.0 Å². The zero-order valence-electron chi connectivity index (χ0n) is 14.7. The lowest BCUT2D eigenvalue weighted by Crippen LogP contribution is -2.09. The van der Waals surface area contributed by atoms with Crippen molar-refractivity contribution in [2.45, 2.75) is 5.75 Å². The van der Waals surface area contributed by atoms with E-state index in [-0.39, 0.29) is 5.17 Å². The van der Waals surface area contributed by atoms with Gasteiger partial charge in [0.05, 0.1) is 10.0 Å². The van der Waals surface area contributed by atoms with Gasteiger partial charge in [0.1, 0.15) is 5.75 Å². The van der Waals surface area contributed by atoms with Gasteiger partial charge in [0.25, 0.3) is 0 Å². The third-order valence-corrected chi connectivity index (χ3v) is 5.02. The van der Waals surface area contributed by atoms with Crippen LogP contribution in [0.25, 0.3) is 10.8 Å². The number of amidine groups is 1. The van der Waals surface area contributed by atoms with Gasteiger partial charge in [-0.3, -0.25) is 5.41 Å². The first-order valence-electron chi connectivity index (χ1n) is 8.10. The number of benzene rings is 3. The summed E-state index contributed by atoms with van der Waals surface area (Å²) in [5, 5.41) is 18.9. The maximum atomic E-state index is 10.1. The standard InChI is InChI=1S/C12H12N2S.C8H6Cl2O3/c13-12(14)15-8-10-6-3-5-9-4-1-2-7-11(9)10;9-6-2-1-5(3-7(6)10)13-4-8(11)12/h1-7H,8H2,(H3,13,14);1-3H,4H2,(H,11,12). The maximum absolute atomic E-state index is 10.1. The zero-order valence-corrected chi connectivity index (χ0v) is 17.0. The molecule has 0 saturated heterocycles. The number of carbonyl (C=O) groups is 1. The van der Waals surface area contributed by atoms with Gasteiger partial charge in [-0.15, -0.1) is 0 Å². The smallest absolute Gasteiger partial charge is 0.341 e. The summed E-state index contributed by atoms with van der Waals surface area (Å²) in [5.74, 6) is 0.110. The normalized spacial score (nSPS) is 10.1. The number of hydrogen-bond donors (Lipinski definition) is 3. The summed E-state index contributed by atoms with van der Waals surface area (Å²) in [5.41, 5.74) is 6.56. The van der Waals surface area contributed by atoms with Crippen molar-refractivity contribution in [2.24, 2.45) is 5.73 Å². The topological polar surface area (TPSA) is 96.4 Å². The highest BCUT2D eigenvalue weighted by Crippen LogP contribution is 2.26. The second-order valence-corrected chi connectivity index (χ2v) is 7.38. The molecular weight excluding hydrogens is 419 g/mol. The highest BCUT2D eigenvalue weighted by atomic mass is 35.5. The molecule has 4 N–H and O–H groups in total. The van der Waals surface area contributed by atoms with Gasteiger partial charge in [-0.1, -0.05) is 77.4 Å². The molecule has 0 bridgehead atoms. The molecule has 8 heteroatoms. The van der Waals surface area contributed by atoms with Gasteiger partial charge < -0.3 is 15.6 Å². The van der Waals surface area contributed by atoms with E-state index in [0.29, 0.717) is 15.8 Å². The quantitative estimate of drug-likeness (QED) is 0.366. The Bertz CT molecular complexity index is 977. The first-order chi connectivity index (χ1) is 13.4. The Labute approximate surface area is 176 Å². The Hall–Kier alpha value is -2.41. The molecule has 5 nitrogen and oxygen atoms in total. The average molecular weight is 437 g/mol. The molecule has 0 atom stereocenters. The first-order valence-corrected chi connectivity index (χ1v) is 9.84. The summed E-state index contributed by atoms with van der Waals surface area (Å²) in [7, 11) is 0. The second-order valence-electron chi connectivity index (χ2n) is 5.55. The average Bonchev–Trinajstić information content (AvgIpc) is 2.67. The summed E-state index contributed by atoms with van der Waals surface area (Å²) in [6.07, 6.45) is 0. The Morgan fingerprint density at radius 1 is 1.07 bits per heavy atom. The third kappa shape index (κ3) is 6.96. The van der Waals surface area contributed by atoms with Crippen molar-refractivity contribution in [1.82, 2.24) is 0 Å². The molecule has 0 spiro atoms. The molecule has 0 fully saturated rings. The van der Waals surface area contributed by atoms with Crippen LogP contribution in [0.5, 0.6) is 5.75 Å². The lowest BCUT2D eigenvalue weighted by molar-refractivity contribution is -0.139. The van der Waals surface area contributed by atoms with Gasteiger partial charge >= 0.3 is 5.97 Å². The van der Waals surface area contributed by atoms with Crippen LogP contribution in [0, 0.1) is 5.41 Å². The third-order valence-electron chi connectivity index (χ3n) is 3.52. The molecule has 0 heterocycles. The van der Waals surface area contributed by atoms with Crippen LogP contribution in [-0.4, -0.2) is 22.9 Å². The number of thioether (sulfide) groups is 1. The first kappa shape index (κ1) is 21.9. The second kappa shape index (κ2) is 10.8. The molecule has 0 saturated carbocycles. The monoisotopic (exact) mass is 436 g/mol. The maximum Gasteiger partial charge on any atom is 0.341 e. The number of nitrogens with two attached hydrogens (primary N) is 1. The van der Waals surface area contributed by atoms with Crippen LogP contribution in [-0.2, 0) is 10.5 Å². The van der Waals surface area contributed by atoms with Crippen LogP contribution in [0.3, 0.4) is 0 Å². The van der Waals surface area contributed by atoms with Crippen molar-refractivity contribution < 1.29 is 14.6 Å². The zero-order chi connectivity index (χ0) is 20.5. The van der Waals surface area contributed by atoms with Crippen LogP contribution in [0.1, 0.15) is 5.56 Å². The molecule has 0 radical (unpaired) electrons. The van der Waals surface area contributed by atoms with E-state index < -0.39 is 12.6 Å². The molecular formula is C20H18Cl2N2O3S. The van der Waals surface area contributed by atoms with E-state index in [9.17, 15) is 4.79 Å². The van der Waals surface area contributed by atoms with Gasteiger partial charge in [0, 0.05) is 11.8 Å². The predicted octanol–water partition coefficient (Wildman–Crippen LogP) is 5.42. The molecule has 0 amide bonds. The van der Waals surface area contributed by atoms with Crippen molar-refractivity contribution in [1.29, 1.82) is 5.41 Å². The van der Waals surface area contributed by atoms with Crippen LogP contribution in [0.2, 0.25) is 10.0 Å². The number of rotatable bonds is 5. The minimum Gasteiger partial charge on any atom is -0.482 e. The van der Waals surface area contributed by atoms with E-state index in [0.717, 1.165) is 5.75 Å². The van der Waals surface area contributed by atoms with E-state index in [4.69, 9.17) is 44.2 Å². The fourth-order valence-electron chi connectivity index (χ4n) is 2.29. The fourth-order valence-corrected chi connectivity index (χ4v) is 3.14. The molecule has 0 aromatic heterocycles. The Morgan fingerprint density at radius 3 is 2.46 bits per heavy atom. The number of nitrogens with one attached hydrogen (secondary N) is 1. The number of ether oxygens (including phenoxy) is 1. The Morgan fingerprint density at radius 2 is 1.79 bits per heavy atom. The van der Waals surface area contributed by atoms with Crippen molar-refractivity contribution in [2.75, 3.05) is 6.61 Å². The molecule has 0 aliphatic rings. The SMILES string of the molecule is N=C(N)SCc1cccc2ccccc12.O=C(O)COc1ccc(Cl)c(Cl)c1.